The average molecular weight is 508 g/mol. The monoisotopic (exact) mass is 507 g/mol. The van der Waals surface area contributed by atoms with Crippen LogP contribution in [0.5, 0.6) is 11.6 Å². The molecule has 3 heterocycles. The van der Waals surface area contributed by atoms with Gasteiger partial charge in [-0.1, -0.05) is 48.0 Å². The molecular formula is C27H26ClN3O3S. The second kappa shape index (κ2) is 10.6. The van der Waals surface area contributed by atoms with Crippen LogP contribution >= 0.6 is 22.9 Å². The summed E-state index contributed by atoms with van der Waals surface area (Å²) in [6.07, 6.45) is 1.98. The Morgan fingerprint density at radius 3 is 2.69 bits per heavy atom. The van der Waals surface area contributed by atoms with E-state index in [1.807, 2.05) is 77.9 Å². The van der Waals surface area contributed by atoms with E-state index in [1.165, 1.54) is 11.3 Å². The van der Waals surface area contributed by atoms with Crippen molar-refractivity contribution in [1.82, 2.24) is 14.7 Å². The molecular weight excluding hydrogens is 482 g/mol. The van der Waals surface area contributed by atoms with Crippen LogP contribution in [0.25, 0.3) is 5.69 Å². The van der Waals surface area contributed by atoms with Crippen molar-refractivity contribution < 1.29 is 14.3 Å². The number of ether oxygens (including phenoxy) is 2. The molecule has 0 radical (unpaired) electrons. The SMILES string of the molecule is Cc1nn(-c2ccccc2)c(Oc2ccccc2Cl)c1CN(C[C@H]1CCCO1)C(=O)c1cccs1. The Labute approximate surface area is 213 Å². The molecule has 4 aromatic rings. The molecule has 2 aromatic heterocycles. The molecule has 1 aliphatic rings. The zero-order valence-corrected chi connectivity index (χ0v) is 21.0. The lowest BCUT2D eigenvalue weighted by molar-refractivity contribution is 0.0509. The molecule has 0 bridgehead atoms. The minimum atomic E-state index is -0.0222. The Bertz CT molecular complexity index is 1280. The van der Waals surface area contributed by atoms with Crippen molar-refractivity contribution in [2.45, 2.75) is 32.4 Å². The highest BCUT2D eigenvalue weighted by Crippen LogP contribution is 2.35. The van der Waals surface area contributed by atoms with Crippen molar-refractivity contribution in [1.29, 1.82) is 0 Å². The first-order chi connectivity index (χ1) is 17.1. The number of hydrogen-bond acceptors (Lipinski definition) is 5. The van der Waals surface area contributed by atoms with E-state index in [1.54, 1.807) is 10.7 Å². The van der Waals surface area contributed by atoms with Crippen molar-refractivity contribution in [3.8, 4) is 17.3 Å². The van der Waals surface area contributed by atoms with Gasteiger partial charge in [0.2, 0.25) is 5.88 Å². The summed E-state index contributed by atoms with van der Waals surface area (Å²) in [6.45, 7) is 3.53. The quantitative estimate of drug-likeness (QED) is 0.273. The van der Waals surface area contributed by atoms with E-state index in [0.29, 0.717) is 34.6 Å². The van der Waals surface area contributed by atoms with Crippen LogP contribution in [0.2, 0.25) is 5.02 Å². The summed E-state index contributed by atoms with van der Waals surface area (Å²) >= 11 is 7.88. The first kappa shape index (κ1) is 23.6. The molecule has 5 rings (SSSR count). The van der Waals surface area contributed by atoms with Crippen LogP contribution in [0.4, 0.5) is 0 Å². The highest BCUT2D eigenvalue weighted by Gasteiger charge is 2.28. The molecule has 8 heteroatoms. The van der Waals surface area contributed by atoms with Gasteiger partial charge in [0.25, 0.3) is 5.91 Å². The first-order valence-electron chi connectivity index (χ1n) is 11.6. The van der Waals surface area contributed by atoms with E-state index in [-0.39, 0.29) is 12.0 Å². The predicted octanol–water partition coefficient (Wildman–Crippen LogP) is 6.51. The van der Waals surface area contributed by atoms with Crippen molar-refractivity contribution >= 4 is 28.8 Å². The van der Waals surface area contributed by atoms with Crippen LogP contribution in [-0.2, 0) is 11.3 Å². The Balaban J connectivity index is 1.55. The molecule has 35 heavy (non-hydrogen) atoms. The topological polar surface area (TPSA) is 56.6 Å². The molecule has 1 amide bonds. The highest BCUT2D eigenvalue weighted by atomic mass is 35.5. The third-order valence-corrected chi connectivity index (χ3v) is 7.17. The molecule has 0 unspecified atom stereocenters. The summed E-state index contributed by atoms with van der Waals surface area (Å²) < 4.78 is 14.0. The number of carbonyl (C=O) groups excluding carboxylic acids is 1. The third-order valence-electron chi connectivity index (χ3n) is 6.00. The van der Waals surface area contributed by atoms with Gasteiger partial charge in [0, 0.05) is 13.2 Å². The average Bonchev–Trinajstić information content (AvgIpc) is 3.64. The number of aromatic nitrogens is 2. The summed E-state index contributed by atoms with van der Waals surface area (Å²) in [5.41, 5.74) is 2.48. The second-order valence-electron chi connectivity index (χ2n) is 8.45. The van der Waals surface area contributed by atoms with Crippen LogP contribution in [0.3, 0.4) is 0 Å². The smallest absolute Gasteiger partial charge is 0.264 e. The largest absolute Gasteiger partial charge is 0.437 e. The molecule has 1 saturated heterocycles. The number of para-hydroxylation sites is 2. The van der Waals surface area contributed by atoms with Crippen molar-refractivity contribution in [3.63, 3.8) is 0 Å². The van der Waals surface area contributed by atoms with E-state index in [0.717, 1.165) is 36.4 Å². The number of thiophene rings is 1. The number of benzene rings is 2. The van der Waals surface area contributed by atoms with Gasteiger partial charge in [0.1, 0.15) is 5.75 Å². The lowest BCUT2D eigenvalue weighted by Crippen LogP contribution is -2.36. The lowest BCUT2D eigenvalue weighted by Gasteiger charge is -2.25. The van der Waals surface area contributed by atoms with Crippen LogP contribution in [0.15, 0.2) is 72.1 Å². The molecule has 0 N–H and O–H groups in total. The maximum absolute atomic E-state index is 13.5. The van der Waals surface area contributed by atoms with Gasteiger partial charge in [0.05, 0.1) is 39.5 Å². The maximum atomic E-state index is 13.5. The summed E-state index contributed by atoms with van der Waals surface area (Å²) in [5.74, 6) is 1.05. The zero-order valence-electron chi connectivity index (χ0n) is 19.4. The predicted molar refractivity (Wildman–Crippen MR) is 138 cm³/mol. The van der Waals surface area contributed by atoms with E-state index in [9.17, 15) is 4.79 Å². The van der Waals surface area contributed by atoms with Gasteiger partial charge >= 0.3 is 0 Å². The van der Waals surface area contributed by atoms with Crippen molar-refractivity contribution in [2.24, 2.45) is 0 Å². The maximum Gasteiger partial charge on any atom is 0.264 e. The third kappa shape index (κ3) is 5.27. The van der Waals surface area contributed by atoms with Gasteiger partial charge in [-0.05, 0) is 55.5 Å². The number of halogens is 1. The van der Waals surface area contributed by atoms with E-state index >= 15 is 0 Å². The number of rotatable bonds is 8. The Hall–Kier alpha value is -3.13. The fraction of sp³-hybridized carbons (Fsp3) is 0.259. The molecule has 180 valence electrons. The molecule has 0 saturated carbocycles. The van der Waals surface area contributed by atoms with Gasteiger partial charge in [0.15, 0.2) is 0 Å². The van der Waals surface area contributed by atoms with Crippen molar-refractivity contribution in [3.05, 3.63) is 93.3 Å². The fourth-order valence-electron chi connectivity index (χ4n) is 4.20. The van der Waals surface area contributed by atoms with Crippen LogP contribution in [0.1, 0.15) is 33.8 Å². The van der Waals surface area contributed by atoms with Gasteiger partial charge in [-0.25, -0.2) is 4.68 Å². The Kier molecular flexibility index (Phi) is 7.18. The second-order valence-corrected chi connectivity index (χ2v) is 9.80. The minimum absolute atomic E-state index is 0.0222. The van der Waals surface area contributed by atoms with Gasteiger partial charge in [-0.2, -0.15) is 5.10 Å². The summed E-state index contributed by atoms with van der Waals surface area (Å²) in [5, 5.41) is 7.22. The van der Waals surface area contributed by atoms with Gasteiger partial charge in [-0.3, -0.25) is 4.79 Å². The summed E-state index contributed by atoms with van der Waals surface area (Å²) in [4.78, 5) is 16.0. The normalized spacial score (nSPS) is 15.3. The minimum Gasteiger partial charge on any atom is -0.437 e. The fourth-order valence-corrected chi connectivity index (χ4v) is 5.07. The molecule has 1 fully saturated rings. The highest BCUT2D eigenvalue weighted by molar-refractivity contribution is 7.12. The van der Waals surface area contributed by atoms with Crippen LogP contribution in [0, 0.1) is 6.92 Å². The molecule has 1 aliphatic heterocycles. The first-order valence-corrected chi connectivity index (χ1v) is 12.9. The van der Waals surface area contributed by atoms with Crippen LogP contribution in [-0.4, -0.2) is 39.8 Å². The molecule has 2 aromatic carbocycles. The lowest BCUT2D eigenvalue weighted by atomic mass is 10.2. The van der Waals surface area contributed by atoms with Crippen molar-refractivity contribution in [2.75, 3.05) is 13.2 Å². The molecule has 0 aliphatic carbocycles. The molecule has 6 nitrogen and oxygen atoms in total. The van der Waals surface area contributed by atoms with Crippen LogP contribution < -0.4 is 4.74 Å². The number of hydrogen-bond donors (Lipinski definition) is 0. The summed E-state index contributed by atoms with van der Waals surface area (Å²) in [7, 11) is 0. The Morgan fingerprint density at radius 2 is 1.97 bits per heavy atom. The molecule has 0 spiro atoms. The number of aryl methyl sites for hydroxylation is 1. The van der Waals surface area contributed by atoms with E-state index < -0.39 is 0 Å². The van der Waals surface area contributed by atoms with Gasteiger partial charge in [-0.15, -0.1) is 11.3 Å². The standard InChI is InChI=1S/C27H26ClN3O3S/c1-19-22(18-30(17-21-11-7-15-33-21)26(32)25-14-8-16-35-25)27(34-24-13-6-5-12-23(24)28)31(29-19)20-9-3-2-4-10-20/h2-6,8-10,12-14,16,21H,7,11,15,17-18H2,1H3/t21-/m1/s1. The molecule has 1 atom stereocenters. The Morgan fingerprint density at radius 1 is 1.17 bits per heavy atom. The van der Waals surface area contributed by atoms with E-state index in [2.05, 4.69) is 0 Å². The number of amides is 1. The summed E-state index contributed by atoms with van der Waals surface area (Å²) in [6, 6.07) is 20.9. The van der Waals surface area contributed by atoms with E-state index in [4.69, 9.17) is 26.2 Å². The number of nitrogens with zero attached hydrogens (tertiary/aromatic N) is 3. The number of carbonyl (C=O) groups is 1. The van der Waals surface area contributed by atoms with Gasteiger partial charge < -0.3 is 14.4 Å². The zero-order chi connectivity index (χ0) is 24.2.